The van der Waals surface area contributed by atoms with Crippen molar-refractivity contribution in [3.63, 3.8) is 0 Å². The van der Waals surface area contributed by atoms with Crippen molar-refractivity contribution < 1.29 is 33.7 Å². The number of thiocarbonyl (C=S) groups is 1. The molecule has 0 saturated heterocycles. The topological polar surface area (TPSA) is 101 Å². The van der Waals surface area contributed by atoms with E-state index in [1.165, 1.54) is 12.2 Å². The Kier molecular flexibility index (Phi) is 8.20. The minimum absolute atomic E-state index is 0.0996. The monoisotopic (exact) mass is 548 g/mol. The lowest BCUT2D eigenvalue weighted by molar-refractivity contribution is -0.220. The summed E-state index contributed by atoms with van der Waals surface area (Å²) in [4.78, 5) is 37.8. The Hall–Kier alpha value is -1.77. The molecule has 8 atom stereocenters. The number of hydrogen-bond acceptors (Lipinski definition) is 7. The third-order valence-electron chi connectivity index (χ3n) is 10.5. The van der Waals surface area contributed by atoms with E-state index < -0.39 is 58.4 Å². The number of ketones is 2. The summed E-state index contributed by atoms with van der Waals surface area (Å²) in [6.07, 6.45) is 8.85. The van der Waals surface area contributed by atoms with Gasteiger partial charge in [0.2, 0.25) is 5.78 Å². The lowest BCUT2D eigenvalue weighted by Crippen LogP contribution is -2.69. The molecule has 3 fully saturated rings. The van der Waals surface area contributed by atoms with Crippen LogP contribution in [0.3, 0.4) is 0 Å². The number of halogens is 1. The highest BCUT2D eigenvalue weighted by atomic mass is 32.1. The molecule has 0 aliphatic heterocycles. The van der Waals surface area contributed by atoms with Crippen LogP contribution in [-0.4, -0.2) is 57.1 Å². The Morgan fingerprint density at radius 2 is 1.92 bits per heavy atom. The molecule has 0 aromatic carbocycles. The van der Waals surface area contributed by atoms with Crippen LogP contribution in [0.5, 0.6) is 0 Å². The number of hydrogen-bond donors (Lipinski definition) is 2. The lowest BCUT2D eigenvalue weighted by Gasteiger charge is -2.62. The summed E-state index contributed by atoms with van der Waals surface area (Å²) in [5.41, 5.74) is -5.39. The smallest absolute Gasteiger partial charge is 0.306 e. The number of unbranched alkanes of at least 4 members (excludes halogenated alkanes) is 4. The molecule has 2 N–H and O–H groups in total. The fraction of sp³-hybridized carbons (Fsp3) is 0.733. The molecular weight excluding hydrogens is 507 g/mol. The van der Waals surface area contributed by atoms with Crippen LogP contribution in [0.4, 0.5) is 4.39 Å². The molecule has 0 spiro atoms. The first-order valence-corrected chi connectivity index (χ1v) is 14.5. The van der Waals surface area contributed by atoms with Crippen molar-refractivity contribution >= 4 is 35.1 Å². The maximum absolute atomic E-state index is 17.2. The molecule has 0 aromatic heterocycles. The summed E-state index contributed by atoms with van der Waals surface area (Å²) in [7, 11) is 0. The number of esters is 1. The van der Waals surface area contributed by atoms with Crippen LogP contribution in [-0.2, 0) is 19.1 Å². The number of Topliss-reactive ketones (excluding diaryl/α,β-unsaturated/α-hetero) is 1. The van der Waals surface area contributed by atoms with E-state index in [-0.39, 0.29) is 24.5 Å². The minimum atomic E-state index is -2.03. The van der Waals surface area contributed by atoms with E-state index in [2.05, 4.69) is 0 Å². The van der Waals surface area contributed by atoms with Crippen LogP contribution >= 0.6 is 12.2 Å². The van der Waals surface area contributed by atoms with Gasteiger partial charge in [-0.15, -0.1) is 0 Å². The third-order valence-corrected chi connectivity index (χ3v) is 10.7. The number of allylic oxidation sites excluding steroid dienone is 4. The summed E-state index contributed by atoms with van der Waals surface area (Å²) >= 11 is 4.81. The Balaban J connectivity index is 1.48. The summed E-state index contributed by atoms with van der Waals surface area (Å²) in [5.74, 6) is -2.69. The number of carbonyl (C=O) groups is 3. The van der Waals surface area contributed by atoms with E-state index in [0.717, 1.165) is 25.7 Å². The molecule has 6 nitrogen and oxygen atoms in total. The van der Waals surface area contributed by atoms with E-state index in [1.54, 1.807) is 32.2 Å². The van der Waals surface area contributed by atoms with Gasteiger partial charge in [-0.1, -0.05) is 50.6 Å². The highest BCUT2D eigenvalue weighted by Crippen LogP contribution is 2.70. The maximum atomic E-state index is 17.2. The molecule has 8 heteroatoms. The van der Waals surface area contributed by atoms with Gasteiger partial charge in [0.1, 0.15) is 5.60 Å². The molecular formula is C30H41FO6S. The molecule has 0 radical (unpaired) electrons. The van der Waals surface area contributed by atoms with Crippen molar-refractivity contribution in [1.29, 1.82) is 0 Å². The van der Waals surface area contributed by atoms with Gasteiger partial charge in [0.05, 0.1) is 6.10 Å². The molecule has 3 saturated carbocycles. The predicted molar refractivity (Wildman–Crippen MR) is 145 cm³/mol. The van der Waals surface area contributed by atoms with Gasteiger partial charge in [0, 0.05) is 23.2 Å². The Morgan fingerprint density at radius 1 is 1.21 bits per heavy atom. The van der Waals surface area contributed by atoms with Crippen LogP contribution in [0.1, 0.15) is 85.0 Å². The molecule has 38 heavy (non-hydrogen) atoms. The standard InChI is InChI=1S/C30H41FO6S/c1-19-15-23-22-11-10-20-16-21(32)12-13-27(20,2)29(22,31)24(33)17-28(23,3)30(19,36)25(34)18-37-26(35)9-7-5-4-6-8-14-38/h12-14,16,19,22-24,33,36H,4-11,15,17-18H2,1-3H3/t19-,22+,23+,24+,27+,28+,29+,30+/m1/s1. The number of aliphatic hydroxyl groups is 2. The SMILES string of the molecule is C[C@@H]1C[C@H]2[C@@H]3CCC4=CC(=O)C=C[C@]4(C)[C@@]3(F)[C@@H](O)C[C@]2(C)[C@@]1(O)C(=O)COC(=O)CCCCCCC=S. The van der Waals surface area contributed by atoms with Gasteiger partial charge < -0.3 is 14.9 Å². The van der Waals surface area contributed by atoms with Crippen LogP contribution in [0.25, 0.3) is 0 Å². The summed E-state index contributed by atoms with van der Waals surface area (Å²) < 4.78 is 22.5. The van der Waals surface area contributed by atoms with Gasteiger partial charge in [0.25, 0.3) is 0 Å². The van der Waals surface area contributed by atoms with Crippen LogP contribution in [0.15, 0.2) is 23.8 Å². The lowest BCUT2D eigenvalue weighted by atomic mass is 9.44. The van der Waals surface area contributed by atoms with Gasteiger partial charge in [-0.05, 0) is 81.2 Å². The highest BCUT2D eigenvalue weighted by molar-refractivity contribution is 7.78. The Labute approximate surface area is 230 Å². The molecule has 0 aromatic rings. The maximum Gasteiger partial charge on any atom is 0.306 e. The van der Waals surface area contributed by atoms with Crippen molar-refractivity contribution in [2.24, 2.45) is 28.6 Å². The normalized spacial score (nSPS) is 41.5. The second-order valence-corrected chi connectivity index (χ2v) is 12.7. The summed E-state index contributed by atoms with van der Waals surface area (Å²) in [6.45, 7) is 4.76. The number of ether oxygens (including phenoxy) is 1. The second kappa shape index (κ2) is 10.7. The Morgan fingerprint density at radius 3 is 2.63 bits per heavy atom. The van der Waals surface area contributed by atoms with Crippen LogP contribution in [0, 0.1) is 28.6 Å². The zero-order valence-corrected chi connectivity index (χ0v) is 23.5. The average Bonchev–Trinajstić information content (AvgIpc) is 3.07. The van der Waals surface area contributed by atoms with Crippen LogP contribution < -0.4 is 0 Å². The minimum Gasteiger partial charge on any atom is -0.458 e. The zero-order chi connectivity index (χ0) is 27.9. The van der Waals surface area contributed by atoms with Crippen LogP contribution in [0.2, 0.25) is 0 Å². The first-order chi connectivity index (χ1) is 17.9. The molecule has 4 rings (SSSR count). The predicted octanol–water partition coefficient (Wildman–Crippen LogP) is 4.79. The van der Waals surface area contributed by atoms with Crippen molar-refractivity contribution in [2.45, 2.75) is 102 Å². The highest BCUT2D eigenvalue weighted by Gasteiger charge is 2.75. The first kappa shape index (κ1) is 29.2. The van der Waals surface area contributed by atoms with Crippen molar-refractivity contribution in [2.75, 3.05) is 6.61 Å². The number of alkyl halides is 1. The van der Waals surface area contributed by atoms with E-state index in [1.807, 2.05) is 0 Å². The molecule has 0 bridgehead atoms. The number of aliphatic hydroxyl groups excluding tert-OH is 1. The van der Waals surface area contributed by atoms with E-state index >= 15 is 4.39 Å². The van der Waals surface area contributed by atoms with Crippen molar-refractivity contribution in [1.82, 2.24) is 0 Å². The second-order valence-electron chi connectivity index (χ2n) is 12.4. The van der Waals surface area contributed by atoms with Gasteiger partial charge in [-0.3, -0.25) is 14.4 Å². The summed E-state index contributed by atoms with van der Waals surface area (Å²) in [5, 5.41) is 25.1. The van der Waals surface area contributed by atoms with Gasteiger partial charge in [0.15, 0.2) is 18.1 Å². The zero-order valence-electron chi connectivity index (χ0n) is 22.7. The van der Waals surface area contributed by atoms with E-state index in [4.69, 9.17) is 17.0 Å². The molecule has 0 amide bonds. The third kappa shape index (κ3) is 4.35. The van der Waals surface area contributed by atoms with E-state index in [9.17, 15) is 24.6 Å². The largest absolute Gasteiger partial charge is 0.458 e. The molecule has 4 aliphatic rings. The first-order valence-electron chi connectivity index (χ1n) is 14.0. The van der Waals surface area contributed by atoms with Crippen molar-refractivity contribution in [3.8, 4) is 0 Å². The van der Waals surface area contributed by atoms with Crippen molar-refractivity contribution in [3.05, 3.63) is 23.8 Å². The Bertz CT molecular complexity index is 1060. The van der Waals surface area contributed by atoms with E-state index in [0.29, 0.717) is 31.3 Å². The molecule has 210 valence electrons. The van der Waals surface area contributed by atoms with Gasteiger partial charge in [-0.25, -0.2) is 4.39 Å². The number of fused-ring (bicyclic) bond motifs is 5. The quantitative estimate of drug-likeness (QED) is 0.230. The molecule has 0 unspecified atom stereocenters. The molecule has 0 heterocycles. The number of rotatable bonds is 10. The average molecular weight is 549 g/mol. The van der Waals surface area contributed by atoms with Gasteiger partial charge >= 0.3 is 5.97 Å². The fourth-order valence-electron chi connectivity index (χ4n) is 8.32. The molecule has 4 aliphatic carbocycles. The summed E-state index contributed by atoms with van der Waals surface area (Å²) in [6, 6.07) is 0. The fourth-order valence-corrected chi connectivity index (χ4v) is 8.49. The van der Waals surface area contributed by atoms with Gasteiger partial charge in [-0.2, -0.15) is 0 Å². The number of carbonyl (C=O) groups excluding carboxylic acids is 3.